The molecule has 2 fully saturated rings. The Labute approximate surface area is 216 Å². The summed E-state index contributed by atoms with van der Waals surface area (Å²) in [6, 6.07) is 17.7. The molecule has 3 atom stereocenters. The van der Waals surface area contributed by atoms with Crippen LogP contribution in [0.25, 0.3) is 0 Å². The Bertz CT molecular complexity index is 1380. The van der Waals surface area contributed by atoms with Gasteiger partial charge in [-0.25, -0.2) is 10.3 Å². The number of ether oxygens (including phenoxy) is 2. The van der Waals surface area contributed by atoms with Crippen LogP contribution < -0.4 is 19.8 Å². The van der Waals surface area contributed by atoms with E-state index in [1.165, 1.54) is 17.0 Å². The van der Waals surface area contributed by atoms with Crippen molar-refractivity contribution >= 4 is 39.3 Å². The summed E-state index contributed by atoms with van der Waals surface area (Å²) in [5.41, 5.74) is 5.58. The number of methoxy groups -OCH3 is 2. The van der Waals surface area contributed by atoms with Crippen LogP contribution in [0.15, 0.2) is 71.2 Å². The number of hydrogen-bond donors (Lipinski definition) is 1. The third-order valence-electron chi connectivity index (χ3n) is 6.56. The highest BCUT2D eigenvalue weighted by Crippen LogP contribution is 2.45. The van der Waals surface area contributed by atoms with Gasteiger partial charge in [-0.05, 0) is 55.0 Å². The highest BCUT2D eigenvalue weighted by Gasteiger charge is 2.60. The minimum atomic E-state index is -1.03. The Balaban J connectivity index is 1.62. The molecule has 2 aliphatic rings. The predicted molar refractivity (Wildman–Crippen MR) is 137 cm³/mol. The maximum atomic E-state index is 13.8. The van der Waals surface area contributed by atoms with Crippen LogP contribution in [0.3, 0.4) is 0 Å². The van der Waals surface area contributed by atoms with Gasteiger partial charge in [-0.15, -0.1) is 0 Å². The van der Waals surface area contributed by atoms with Crippen molar-refractivity contribution in [1.82, 2.24) is 10.4 Å². The lowest BCUT2D eigenvalue weighted by Gasteiger charge is -2.26. The van der Waals surface area contributed by atoms with Crippen molar-refractivity contribution in [2.45, 2.75) is 19.0 Å². The van der Waals surface area contributed by atoms with Crippen LogP contribution in [0, 0.1) is 12.8 Å². The Hall–Kier alpha value is -3.69. The average Bonchev–Trinajstić information content (AvgIpc) is 3.39. The number of benzene rings is 3. The van der Waals surface area contributed by atoms with Gasteiger partial charge in [-0.1, -0.05) is 34.1 Å². The zero-order chi connectivity index (χ0) is 25.6. The number of amides is 3. The normalized spacial score (nSPS) is 21.1. The molecule has 3 amide bonds. The third-order valence-corrected chi connectivity index (χ3v) is 7.05. The number of carbonyl (C=O) groups excluding carboxylic acids is 3. The summed E-state index contributed by atoms with van der Waals surface area (Å²) in [4.78, 5) is 42.4. The fourth-order valence-corrected chi connectivity index (χ4v) is 5.29. The quantitative estimate of drug-likeness (QED) is 0.483. The first-order chi connectivity index (χ1) is 17.3. The number of hydrogen-bond acceptors (Lipinski definition) is 6. The summed E-state index contributed by atoms with van der Waals surface area (Å²) >= 11 is 3.40. The Morgan fingerprint density at radius 1 is 0.944 bits per heavy atom. The van der Waals surface area contributed by atoms with E-state index in [9.17, 15) is 14.4 Å². The Kier molecular flexibility index (Phi) is 6.27. The first-order valence-corrected chi connectivity index (χ1v) is 12.1. The molecule has 0 radical (unpaired) electrons. The second-order valence-corrected chi connectivity index (χ2v) is 9.64. The summed E-state index contributed by atoms with van der Waals surface area (Å²) in [6.07, 6.45) is 0. The minimum absolute atomic E-state index is 0.379. The number of nitrogens with zero attached hydrogens (tertiary/aromatic N) is 2. The molecule has 184 valence electrons. The van der Waals surface area contributed by atoms with Crippen molar-refractivity contribution in [3.63, 3.8) is 0 Å². The summed E-state index contributed by atoms with van der Waals surface area (Å²) in [6.45, 7) is 1.89. The molecule has 3 aromatic carbocycles. The number of carbonyl (C=O) groups is 3. The van der Waals surface area contributed by atoms with Gasteiger partial charge in [0, 0.05) is 21.7 Å². The molecule has 0 saturated carbocycles. The highest BCUT2D eigenvalue weighted by molar-refractivity contribution is 9.10. The van der Waals surface area contributed by atoms with Gasteiger partial charge in [-0.2, -0.15) is 0 Å². The fraction of sp³-hybridized carbons (Fsp3) is 0.222. The van der Waals surface area contributed by atoms with E-state index in [0.717, 1.165) is 10.0 Å². The molecule has 0 unspecified atom stereocenters. The zero-order valence-corrected chi connectivity index (χ0v) is 21.5. The Morgan fingerprint density at radius 3 is 2.42 bits per heavy atom. The number of anilines is 1. The standard InChI is InChI=1S/C27H24BrN3O5/c1-15-6-4-9-18(12-15)30-26(33)22-23(20-11-10-19(35-2)14-21(20)36-3)29-31(24(22)27(30)34)25(32)16-7-5-8-17(28)13-16/h4-14,22-24,29H,1-3H3/t22-,23+,24-/m1/s1. The van der Waals surface area contributed by atoms with E-state index in [1.54, 1.807) is 61.7 Å². The van der Waals surface area contributed by atoms with Crippen LogP contribution in [0.5, 0.6) is 11.5 Å². The fourth-order valence-electron chi connectivity index (χ4n) is 4.89. The first-order valence-electron chi connectivity index (χ1n) is 11.4. The lowest BCUT2D eigenvalue weighted by molar-refractivity contribution is -0.123. The predicted octanol–water partition coefficient (Wildman–Crippen LogP) is 4.03. The molecule has 2 saturated heterocycles. The zero-order valence-electron chi connectivity index (χ0n) is 19.9. The molecule has 0 bridgehead atoms. The molecule has 8 nitrogen and oxygen atoms in total. The molecular weight excluding hydrogens is 526 g/mol. The van der Waals surface area contributed by atoms with Gasteiger partial charge < -0.3 is 9.47 Å². The first kappa shape index (κ1) is 24.0. The number of rotatable bonds is 5. The van der Waals surface area contributed by atoms with E-state index >= 15 is 0 Å². The molecule has 5 rings (SSSR count). The molecule has 0 aromatic heterocycles. The highest BCUT2D eigenvalue weighted by atomic mass is 79.9. The second kappa shape index (κ2) is 9.40. The Morgan fingerprint density at radius 2 is 1.72 bits per heavy atom. The number of imide groups is 1. The van der Waals surface area contributed by atoms with E-state index in [-0.39, 0.29) is 5.91 Å². The molecule has 0 spiro atoms. The average molecular weight is 550 g/mol. The largest absolute Gasteiger partial charge is 0.497 e. The number of nitrogens with one attached hydrogen (secondary N) is 1. The summed E-state index contributed by atoms with van der Waals surface area (Å²) in [5.74, 6) is -1.03. The van der Waals surface area contributed by atoms with Gasteiger partial charge in [0.15, 0.2) is 0 Å². The lowest BCUT2D eigenvalue weighted by atomic mass is 9.90. The van der Waals surface area contributed by atoms with Crippen molar-refractivity contribution in [3.05, 3.63) is 87.9 Å². The molecule has 9 heteroatoms. The van der Waals surface area contributed by atoms with Crippen LogP contribution in [-0.2, 0) is 9.59 Å². The van der Waals surface area contributed by atoms with Crippen LogP contribution in [0.4, 0.5) is 5.69 Å². The van der Waals surface area contributed by atoms with Crippen LogP contribution >= 0.6 is 15.9 Å². The second-order valence-electron chi connectivity index (χ2n) is 8.72. The van der Waals surface area contributed by atoms with Gasteiger partial charge in [0.05, 0.1) is 31.9 Å². The number of fused-ring (bicyclic) bond motifs is 1. The summed E-state index contributed by atoms with van der Waals surface area (Å²) in [5, 5.41) is 1.29. The maximum absolute atomic E-state index is 13.8. The van der Waals surface area contributed by atoms with E-state index in [1.807, 2.05) is 19.1 Å². The third kappa shape index (κ3) is 3.94. The van der Waals surface area contributed by atoms with Crippen LogP contribution in [-0.4, -0.2) is 43.0 Å². The van der Waals surface area contributed by atoms with Gasteiger partial charge in [0.1, 0.15) is 17.5 Å². The molecule has 2 heterocycles. The van der Waals surface area contributed by atoms with Crippen molar-refractivity contribution in [2.24, 2.45) is 5.92 Å². The molecule has 36 heavy (non-hydrogen) atoms. The molecule has 2 aliphatic heterocycles. The van der Waals surface area contributed by atoms with Gasteiger partial charge in [0.25, 0.3) is 11.8 Å². The number of halogens is 1. The minimum Gasteiger partial charge on any atom is -0.497 e. The summed E-state index contributed by atoms with van der Waals surface area (Å²) < 4.78 is 11.6. The molecule has 1 N–H and O–H groups in total. The van der Waals surface area contributed by atoms with Gasteiger partial charge in [-0.3, -0.25) is 19.4 Å². The molecule has 3 aromatic rings. The number of aryl methyl sites for hydroxylation is 1. The van der Waals surface area contributed by atoms with Crippen molar-refractivity contribution in [1.29, 1.82) is 0 Å². The van der Waals surface area contributed by atoms with E-state index in [2.05, 4.69) is 21.4 Å². The molecule has 0 aliphatic carbocycles. The van der Waals surface area contributed by atoms with E-state index < -0.39 is 29.8 Å². The van der Waals surface area contributed by atoms with E-state index in [0.29, 0.717) is 28.3 Å². The maximum Gasteiger partial charge on any atom is 0.268 e. The monoisotopic (exact) mass is 549 g/mol. The lowest BCUT2D eigenvalue weighted by Crippen LogP contribution is -2.48. The van der Waals surface area contributed by atoms with Crippen molar-refractivity contribution < 1.29 is 23.9 Å². The summed E-state index contributed by atoms with van der Waals surface area (Å²) in [7, 11) is 3.07. The smallest absolute Gasteiger partial charge is 0.268 e. The van der Waals surface area contributed by atoms with E-state index in [4.69, 9.17) is 9.47 Å². The molecular formula is C27H24BrN3O5. The van der Waals surface area contributed by atoms with Crippen molar-refractivity contribution in [2.75, 3.05) is 19.1 Å². The topological polar surface area (TPSA) is 88.2 Å². The van der Waals surface area contributed by atoms with Crippen molar-refractivity contribution in [3.8, 4) is 11.5 Å². The SMILES string of the molecule is COc1ccc([C@@H]2NN(C(=O)c3cccc(Br)c3)[C@H]3C(=O)N(c4cccc(C)c4)C(=O)[C@H]23)c(OC)c1. The van der Waals surface area contributed by atoms with Crippen LogP contribution in [0.2, 0.25) is 0 Å². The van der Waals surface area contributed by atoms with Gasteiger partial charge >= 0.3 is 0 Å². The number of hydrazine groups is 1. The van der Waals surface area contributed by atoms with Crippen LogP contribution in [0.1, 0.15) is 27.5 Å². The van der Waals surface area contributed by atoms with Gasteiger partial charge in [0.2, 0.25) is 5.91 Å².